The largest absolute Gasteiger partial charge is 0.446 e. The van der Waals surface area contributed by atoms with Crippen LogP contribution in [0.3, 0.4) is 0 Å². The lowest BCUT2D eigenvalue weighted by Gasteiger charge is -2.26. The summed E-state index contributed by atoms with van der Waals surface area (Å²) in [4.78, 5) is 12.0. The van der Waals surface area contributed by atoms with E-state index >= 15 is 0 Å². The molecule has 1 aliphatic rings. The predicted molar refractivity (Wildman–Crippen MR) is 81.8 cm³/mol. The van der Waals surface area contributed by atoms with E-state index in [9.17, 15) is 31.1 Å². The van der Waals surface area contributed by atoms with E-state index in [1.54, 1.807) is 0 Å². The number of benzene rings is 1. The first-order chi connectivity index (χ1) is 11.4. The van der Waals surface area contributed by atoms with Gasteiger partial charge in [-0.2, -0.15) is 26.3 Å². The fourth-order valence-corrected chi connectivity index (χ4v) is 2.90. The highest BCUT2D eigenvalue weighted by Crippen LogP contribution is 2.39. The summed E-state index contributed by atoms with van der Waals surface area (Å²) in [6.45, 7) is 3.52. The number of carbonyl (C=O) groups is 1. The summed E-state index contributed by atoms with van der Waals surface area (Å²) in [5.74, 6) is -2.31. The molecule has 136 valence electrons. The molecule has 0 saturated carbocycles. The topological polar surface area (TPSA) is 29.1 Å². The number of amides is 1. The molecule has 0 heterocycles. The summed E-state index contributed by atoms with van der Waals surface area (Å²) >= 11 is -0.320. The van der Waals surface area contributed by atoms with E-state index < -0.39 is 23.5 Å². The van der Waals surface area contributed by atoms with Crippen LogP contribution >= 0.6 is 11.8 Å². The maximum absolute atomic E-state index is 12.9. The van der Waals surface area contributed by atoms with Gasteiger partial charge in [-0.15, -0.1) is 0 Å². The van der Waals surface area contributed by atoms with Crippen LogP contribution in [0.2, 0.25) is 0 Å². The van der Waals surface area contributed by atoms with Crippen LogP contribution in [-0.4, -0.2) is 17.6 Å². The summed E-state index contributed by atoms with van der Waals surface area (Å²) < 4.78 is 75.3. The smallest absolute Gasteiger partial charge is 0.326 e. The Hall–Kier alpha value is -1.90. The lowest BCUT2D eigenvalue weighted by Crippen LogP contribution is -2.31. The third-order valence-electron chi connectivity index (χ3n) is 3.44. The number of nitrogens with one attached hydrogen (secondary N) is 1. The zero-order chi connectivity index (χ0) is 18.8. The number of hydrogen-bond donors (Lipinski definition) is 1. The van der Waals surface area contributed by atoms with Gasteiger partial charge in [-0.05, 0) is 54.9 Å². The van der Waals surface area contributed by atoms with Crippen molar-refractivity contribution < 1.29 is 31.1 Å². The molecular weight excluding hydrogens is 368 g/mol. The number of alkyl halides is 6. The number of halogens is 6. The molecule has 0 aromatic heterocycles. The molecule has 9 heteroatoms. The molecule has 0 fully saturated rings. The molecule has 0 bridgehead atoms. The average Bonchev–Trinajstić information content (AvgIpc) is 2.44. The Labute approximate surface area is 144 Å². The van der Waals surface area contributed by atoms with Crippen molar-refractivity contribution >= 4 is 17.7 Å². The molecule has 2 nitrogen and oxygen atoms in total. The van der Waals surface area contributed by atoms with Crippen molar-refractivity contribution in [3.8, 4) is 0 Å². The SMILES string of the molecule is C=C1C=C(NC(=O)c2ccc(SC(F)(F)F)cc2)CC(C(F)(F)F)C1. The monoisotopic (exact) mass is 381 g/mol. The molecule has 1 aliphatic carbocycles. The van der Waals surface area contributed by atoms with Crippen molar-refractivity contribution in [2.75, 3.05) is 0 Å². The summed E-state index contributed by atoms with van der Waals surface area (Å²) in [5, 5.41) is 2.37. The number of thioether (sulfide) groups is 1. The van der Waals surface area contributed by atoms with Gasteiger partial charge in [0.2, 0.25) is 0 Å². The maximum atomic E-state index is 12.9. The van der Waals surface area contributed by atoms with Crippen LogP contribution in [0.15, 0.2) is 53.1 Å². The van der Waals surface area contributed by atoms with Crippen LogP contribution in [0.4, 0.5) is 26.3 Å². The molecule has 1 amide bonds. The van der Waals surface area contributed by atoms with Crippen LogP contribution in [0.25, 0.3) is 0 Å². The molecule has 0 spiro atoms. The Balaban J connectivity index is 2.05. The Morgan fingerprint density at radius 3 is 2.20 bits per heavy atom. The minimum atomic E-state index is -4.44. The van der Waals surface area contributed by atoms with Crippen molar-refractivity contribution in [3.05, 3.63) is 53.8 Å². The number of hydrogen-bond acceptors (Lipinski definition) is 2. The van der Waals surface area contributed by atoms with Crippen LogP contribution in [0.5, 0.6) is 0 Å². The molecule has 0 aliphatic heterocycles. The molecule has 2 rings (SSSR count). The summed E-state index contributed by atoms with van der Waals surface area (Å²) in [6.07, 6.45) is -3.62. The van der Waals surface area contributed by atoms with Crippen LogP contribution < -0.4 is 5.32 Å². The van der Waals surface area contributed by atoms with Gasteiger partial charge in [0.25, 0.3) is 5.91 Å². The standard InChI is InChI=1S/C16H13F6NOS/c1-9-6-11(15(17,18)19)8-12(7-9)23-14(24)10-2-4-13(5-3-10)25-16(20,21)22/h2-5,7,11H,1,6,8H2,(H,23,24). The first-order valence-corrected chi connectivity index (χ1v) is 7.88. The summed E-state index contributed by atoms with van der Waals surface area (Å²) in [5.41, 5.74) is -4.06. The van der Waals surface area contributed by atoms with Gasteiger partial charge in [0, 0.05) is 16.2 Å². The summed E-state index contributed by atoms with van der Waals surface area (Å²) in [7, 11) is 0. The molecule has 1 unspecified atom stereocenters. The predicted octanol–water partition coefficient (Wildman–Crippen LogP) is 5.44. The number of carbonyl (C=O) groups excluding carboxylic acids is 1. The van der Waals surface area contributed by atoms with E-state index in [2.05, 4.69) is 11.9 Å². The van der Waals surface area contributed by atoms with Gasteiger partial charge in [0.15, 0.2) is 0 Å². The van der Waals surface area contributed by atoms with Crippen molar-refractivity contribution in [2.45, 2.75) is 29.4 Å². The first kappa shape index (κ1) is 19.4. The fraction of sp³-hybridized carbons (Fsp3) is 0.312. The van der Waals surface area contributed by atoms with Gasteiger partial charge in [0.05, 0.1) is 5.92 Å². The van der Waals surface area contributed by atoms with Gasteiger partial charge in [-0.3, -0.25) is 4.79 Å². The van der Waals surface area contributed by atoms with Gasteiger partial charge < -0.3 is 5.32 Å². The zero-order valence-corrected chi connectivity index (χ0v) is 13.5. The highest BCUT2D eigenvalue weighted by Gasteiger charge is 2.41. The van der Waals surface area contributed by atoms with E-state index in [1.165, 1.54) is 18.2 Å². The molecule has 0 radical (unpaired) electrons. The second kappa shape index (κ2) is 7.15. The zero-order valence-electron chi connectivity index (χ0n) is 12.7. The minimum absolute atomic E-state index is 0.0483. The van der Waals surface area contributed by atoms with Crippen molar-refractivity contribution in [3.63, 3.8) is 0 Å². The quantitative estimate of drug-likeness (QED) is 0.558. The second-order valence-electron chi connectivity index (χ2n) is 5.50. The molecule has 1 aromatic carbocycles. The third-order valence-corrected chi connectivity index (χ3v) is 4.18. The molecule has 1 aromatic rings. The van der Waals surface area contributed by atoms with Gasteiger partial charge in [-0.25, -0.2) is 0 Å². The molecule has 1 atom stereocenters. The molecule has 1 N–H and O–H groups in total. The van der Waals surface area contributed by atoms with E-state index in [0.29, 0.717) is 0 Å². The van der Waals surface area contributed by atoms with Crippen LogP contribution in [-0.2, 0) is 0 Å². The lowest BCUT2D eigenvalue weighted by molar-refractivity contribution is -0.174. The molecule has 0 saturated heterocycles. The molecule has 25 heavy (non-hydrogen) atoms. The van der Waals surface area contributed by atoms with Crippen LogP contribution in [0, 0.1) is 5.92 Å². The van der Waals surface area contributed by atoms with Gasteiger partial charge in [0.1, 0.15) is 0 Å². The lowest BCUT2D eigenvalue weighted by atomic mass is 9.88. The van der Waals surface area contributed by atoms with E-state index in [4.69, 9.17) is 0 Å². The molecular formula is C16H13F6NOS. The maximum Gasteiger partial charge on any atom is 0.446 e. The number of rotatable bonds is 3. The van der Waals surface area contributed by atoms with Gasteiger partial charge in [-0.1, -0.05) is 12.2 Å². The average molecular weight is 381 g/mol. The van der Waals surface area contributed by atoms with Crippen molar-refractivity contribution in [1.82, 2.24) is 5.32 Å². The van der Waals surface area contributed by atoms with Crippen molar-refractivity contribution in [2.24, 2.45) is 5.92 Å². The minimum Gasteiger partial charge on any atom is -0.326 e. The second-order valence-corrected chi connectivity index (χ2v) is 6.64. The van der Waals surface area contributed by atoms with Gasteiger partial charge >= 0.3 is 11.7 Å². The number of allylic oxidation sites excluding steroid dienone is 3. The Bertz CT molecular complexity index is 690. The highest BCUT2D eigenvalue weighted by atomic mass is 32.2. The summed E-state index contributed by atoms with van der Waals surface area (Å²) in [6, 6.07) is 4.62. The first-order valence-electron chi connectivity index (χ1n) is 7.06. The Kier molecular flexibility index (Phi) is 5.55. The normalized spacial score (nSPS) is 18.7. The van der Waals surface area contributed by atoms with Crippen LogP contribution in [0.1, 0.15) is 23.2 Å². The third kappa shape index (κ3) is 5.84. The van der Waals surface area contributed by atoms with E-state index in [0.717, 1.165) is 12.1 Å². The Morgan fingerprint density at radius 1 is 1.08 bits per heavy atom. The van der Waals surface area contributed by atoms with E-state index in [-0.39, 0.29) is 46.3 Å². The Morgan fingerprint density at radius 2 is 1.68 bits per heavy atom. The van der Waals surface area contributed by atoms with E-state index in [1.807, 2.05) is 0 Å². The fourth-order valence-electron chi connectivity index (χ4n) is 2.36. The highest BCUT2D eigenvalue weighted by molar-refractivity contribution is 8.00. The van der Waals surface area contributed by atoms with Crippen molar-refractivity contribution in [1.29, 1.82) is 0 Å².